The number of benzene rings is 2. The van der Waals surface area contributed by atoms with Crippen LogP contribution in [0, 0.1) is 11.6 Å². The number of aromatic nitrogens is 2. The average molecular weight is 707 g/mol. The molecule has 0 aliphatic carbocycles. The van der Waals surface area contributed by atoms with Gasteiger partial charge in [-0.1, -0.05) is 25.1 Å². The third-order valence-corrected chi connectivity index (χ3v) is 11.3. The summed E-state index contributed by atoms with van der Waals surface area (Å²) in [5.41, 5.74) is -3.33. The lowest BCUT2D eigenvalue weighted by Crippen LogP contribution is -2.57. The van der Waals surface area contributed by atoms with E-state index in [2.05, 4.69) is 11.6 Å². The number of anilines is 1. The summed E-state index contributed by atoms with van der Waals surface area (Å²) in [7, 11) is -2.25. The second-order valence-electron chi connectivity index (χ2n) is 10.8. The molecule has 17 heteroatoms. The van der Waals surface area contributed by atoms with Gasteiger partial charge in [0.15, 0.2) is 9.84 Å². The number of hydrogen-bond donors (Lipinski definition) is 0. The highest BCUT2D eigenvalue weighted by Gasteiger charge is 2.40. The van der Waals surface area contributed by atoms with Crippen molar-refractivity contribution < 1.29 is 39.9 Å². The lowest BCUT2D eigenvalue weighted by atomic mass is 9.95. The molecule has 9 nitrogen and oxygen atoms in total. The number of carbonyl (C=O) groups is 1. The minimum atomic E-state index is -5.06. The molecule has 1 saturated heterocycles. The molecule has 1 amide bonds. The molecule has 0 unspecified atom stereocenters. The van der Waals surface area contributed by atoms with E-state index < -0.39 is 78.9 Å². The molecule has 5 rings (SSSR count). The van der Waals surface area contributed by atoms with E-state index in [0.29, 0.717) is 6.07 Å². The van der Waals surface area contributed by atoms with Gasteiger partial charge in [0.25, 0.3) is 0 Å². The summed E-state index contributed by atoms with van der Waals surface area (Å²) in [6, 6.07) is 1.00. The number of sulfone groups is 1. The first-order valence-corrected chi connectivity index (χ1v) is 17.2. The zero-order valence-electron chi connectivity index (χ0n) is 24.5. The van der Waals surface area contributed by atoms with Gasteiger partial charge < -0.3 is 14.5 Å². The summed E-state index contributed by atoms with van der Waals surface area (Å²) in [4.78, 5) is 33.1. The fraction of sp³-hybridized carbons (Fsp3) is 0.414. The van der Waals surface area contributed by atoms with Crippen molar-refractivity contribution >= 4 is 55.8 Å². The number of nitrogens with zero attached hydrogens (tertiary/aromatic N) is 4. The van der Waals surface area contributed by atoms with Crippen molar-refractivity contribution in [1.29, 1.82) is 0 Å². The van der Waals surface area contributed by atoms with E-state index >= 15 is 4.39 Å². The van der Waals surface area contributed by atoms with E-state index in [1.807, 2.05) is 0 Å². The Kier molecular flexibility index (Phi) is 9.48. The second-order valence-corrected chi connectivity index (χ2v) is 14.6. The highest BCUT2D eigenvalue weighted by atomic mass is 35.5. The molecular formula is C29H28ClF5N4O5S2. The Bertz CT molecular complexity index is 1900. The monoisotopic (exact) mass is 706 g/mol. The fourth-order valence-electron chi connectivity index (χ4n) is 5.73. The minimum Gasteiger partial charge on any atom is -0.379 e. The second kappa shape index (κ2) is 12.8. The van der Waals surface area contributed by atoms with Crippen LogP contribution in [0.5, 0.6) is 0 Å². The van der Waals surface area contributed by atoms with Crippen LogP contribution in [0.2, 0.25) is 5.02 Å². The van der Waals surface area contributed by atoms with E-state index in [0.717, 1.165) is 34.5 Å². The predicted octanol–water partition coefficient (Wildman–Crippen LogP) is 4.77. The van der Waals surface area contributed by atoms with E-state index in [1.165, 1.54) is 23.8 Å². The number of ether oxygens (including phenoxy) is 1. The van der Waals surface area contributed by atoms with Gasteiger partial charge in [-0.3, -0.25) is 9.36 Å². The Hall–Kier alpha value is -3.21. The standard InChI is InChI=1S/C29H28ClF5N4O5S2/c1-4-23(40)38-7-6-37(11-15(38)14-46(42,43)5-2)27-18-8-19(29(33,34)35)24(17-9-20(30)22(32)10-21(17)31)26-25(18)39(28(41)36-27)12-16(44-3)13-45-26/h4,8-10,15-16H,1,5-7,11-14H2,2-3H3/t15-,16+/m1/s1. The maximum absolute atomic E-state index is 15.3. The van der Waals surface area contributed by atoms with Crippen LogP contribution in [-0.4, -0.2) is 84.9 Å². The van der Waals surface area contributed by atoms with Crippen LogP contribution in [0.4, 0.5) is 27.8 Å². The number of hydrogen-bond acceptors (Lipinski definition) is 8. The molecule has 46 heavy (non-hydrogen) atoms. The maximum Gasteiger partial charge on any atom is 0.417 e. The number of carbonyl (C=O) groups excluding carboxylic acids is 1. The summed E-state index contributed by atoms with van der Waals surface area (Å²) in [6.07, 6.45) is -4.67. The van der Waals surface area contributed by atoms with Gasteiger partial charge >= 0.3 is 11.9 Å². The number of methoxy groups -OCH3 is 1. The summed E-state index contributed by atoms with van der Waals surface area (Å²) in [5, 5.41) is -0.706. The highest BCUT2D eigenvalue weighted by Crippen LogP contribution is 2.49. The van der Waals surface area contributed by atoms with Gasteiger partial charge in [0.2, 0.25) is 5.91 Å². The molecule has 0 spiro atoms. The van der Waals surface area contributed by atoms with E-state index in [1.54, 1.807) is 0 Å². The van der Waals surface area contributed by atoms with Gasteiger partial charge in [-0.05, 0) is 18.2 Å². The van der Waals surface area contributed by atoms with Crippen molar-refractivity contribution in [2.75, 3.05) is 48.9 Å². The van der Waals surface area contributed by atoms with E-state index in [9.17, 15) is 35.6 Å². The molecule has 2 aromatic carbocycles. The number of amides is 1. The normalized spacial score (nSPS) is 19.0. The Labute approximate surface area is 269 Å². The lowest BCUT2D eigenvalue weighted by molar-refractivity contribution is -0.137. The largest absolute Gasteiger partial charge is 0.417 e. The SMILES string of the molecule is C=CC(=O)N1CCN(c2nc(=O)n3c4c(c(-c5cc(Cl)c(F)cc5F)c(C(F)(F)F)cc24)SC[C@@H](OC)C3)C[C@@H]1CS(=O)(=O)CC. The summed E-state index contributed by atoms with van der Waals surface area (Å²) in [6.45, 7) is 4.64. The maximum atomic E-state index is 15.3. The highest BCUT2D eigenvalue weighted by molar-refractivity contribution is 7.99. The number of rotatable bonds is 7. The Morgan fingerprint density at radius 3 is 2.54 bits per heavy atom. The van der Waals surface area contributed by atoms with Crippen molar-refractivity contribution in [1.82, 2.24) is 14.5 Å². The summed E-state index contributed by atoms with van der Waals surface area (Å²) < 4.78 is 106. The van der Waals surface area contributed by atoms with Crippen LogP contribution in [0.15, 0.2) is 40.5 Å². The Balaban J connectivity index is 1.81. The first-order valence-electron chi connectivity index (χ1n) is 14.0. The van der Waals surface area contributed by atoms with Crippen LogP contribution >= 0.6 is 23.4 Å². The molecule has 3 heterocycles. The van der Waals surface area contributed by atoms with Gasteiger partial charge in [0, 0.05) is 65.7 Å². The van der Waals surface area contributed by atoms with Crippen molar-refractivity contribution in [3.05, 3.63) is 63.6 Å². The number of piperazine rings is 1. The van der Waals surface area contributed by atoms with Gasteiger partial charge in [-0.15, -0.1) is 11.8 Å². The number of thioether (sulfide) groups is 1. The van der Waals surface area contributed by atoms with Gasteiger partial charge in [-0.25, -0.2) is 22.0 Å². The van der Waals surface area contributed by atoms with Crippen LogP contribution in [0.3, 0.4) is 0 Å². The predicted molar refractivity (Wildman–Crippen MR) is 165 cm³/mol. The Morgan fingerprint density at radius 1 is 1.20 bits per heavy atom. The summed E-state index contributed by atoms with van der Waals surface area (Å²) in [5.74, 6) is -3.70. The van der Waals surface area contributed by atoms with Crippen LogP contribution in [0.25, 0.3) is 22.0 Å². The summed E-state index contributed by atoms with van der Waals surface area (Å²) >= 11 is 6.82. The van der Waals surface area contributed by atoms with Crippen molar-refractivity contribution in [3.8, 4) is 11.1 Å². The van der Waals surface area contributed by atoms with Crippen molar-refractivity contribution in [2.24, 2.45) is 0 Å². The molecule has 0 bridgehead atoms. The van der Waals surface area contributed by atoms with Crippen LogP contribution < -0.4 is 10.6 Å². The van der Waals surface area contributed by atoms with E-state index in [-0.39, 0.29) is 59.3 Å². The Morgan fingerprint density at radius 2 is 1.91 bits per heavy atom. The molecular weight excluding hydrogens is 679 g/mol. The smallest absolute Gasteiger partial charge is 0.379 e. The van der Waals surface area contributed by atoms with Crippen LogP contribution in [-0.2, 0) is 32.1 Å². The minimum absolute atomic E-state index is 0.00226. The third-order valence-electron chi connectivity index (χ3n) is 8.04. The fourth-order valence-corrected chi connectivity index (χ4v) is 8.32. The molecule has 248 valence electrons. The van der Waals surface area contributed by atoms with Crippen LogP contribution in [0.1, 0.15) is 12.5 Å². The van der Waals surface area contributed by atoms with Gasteiger partial charge in [0.1, 0.15) is 17.5 Å². The third kappa shape index (κ3) is 6.36. The molecule has 2 aliphatic heterocycles. The zero-order chi connectivity index (χ0) is 33.7. The number of halogens is 6. The molecule has 1 aromatic heterocycles. The molecule has 0 radical (unpaired) electrons. The van der Waals surface area contributed by atoms with Crippen molar-refractivity contribution in [2.45, 2.75) is 36.7 Å². The molecule has 2 atom stereocenters. The lowest BCUT2D eigenvalue weighted by Gasteiger charge is -2.41. The molecule has 1 fully saturated rings. The molecule has 0 saturated carbocycles. The number of alkyl halides is 3. The van der Waals surface area contributed by atoms with Gasteiger partial charge in [0.05, 0.1) is 40.5 Å². The van der Waals surface area contributed by atoms with Crippen molar-refractivity contribution in [3.63, 3.8) is 0 Å². The molecule has 2 aliphatic rings. The first kappa shape index (κ1) is 34.1. The van der Waals surface area contributed by atoms with Gasteiger partial charge in [-0.2, -0.15) is 18.2 Å². The quantitative estimate of drug-likeness (QED) is 0.197. The first-order chi connectivity index (χ1) is 21.6. The average Bonchev–Trinajstić information content (AvgIpc) is 3.20. The molecule has 3 aromatic rings. The topological polar surface area (TPSA) is 102 Å². The zero-order valence-corrected chi connectivity index (χ0v) is 26.9. The van der Waals surface area contributed by atoms with E-state index in [4.69, 9.17) is 16.3 Å². The molecule has 0 N–H and O–H groups in total.